The largest absolute Gasteiger partial charge is 0.388 e. The lowest BCUT2D eigenvalue weighted by Gasteiger charge is -2.16. The van der Waals surface area contributed by atoms with E-state index < -0.39 is 15.9 Å². The number of aliphatic hydroxyl groups excluding tert-OH is 1. The normalized spacial score (nSPS) is 13.3. The molecular weight excluding hydrogens is 404 g/mol. The summed E-state index contributed by atoms with van der Waals surface area (Å²) in [6.45, 7) is 2.22. The Hall–Kier alpha value is -1.91. The van der Waals surface area contributed by atoms with Gasteiger partial charge < -0.3 is 5.11 Å². The van der Waals surface area contributed by atoms with E-state index in [4.69, 9.17) is 0 Å². The molecule has 1 N–H and O–H groups in total. The summed E-state index contributed by atoms with van der Waals surface area (Å²) in [7, 11) is -3.70. The molecule has 1 atom stereocenters. The van der Waals surface area contributed by atoms with Crippen LogP contribution in [0.4, 0.5) is 0 Å². The van der Waals surface area contributed by atoms with E-state index in [9.17, 15) is 13.5 Å². The summed E-state index contributed by atoms with van der Waals surface area (Å²) in [6.07, 6.45) is 12.1. The van der Waals surface area contributed by atoms with Gasteiger partial charge in [0.25, 0.3) is 0 Å². The average molecular weight is 443 g/mol. The van der Waals surface area contributed by atoms with Gasteiger partial charge in [0.1, 0.15) is 0 Å². The third-order valence-corrected chi connectivity index (χ3v) is 7.60. The van der Waals surface area contributed by atoms with E-state index in [-0.39, 0.29) is 9.80 Å². The Morgan fingerprint density at radius 2 is 1.39 bits per heavy atom. The van der Waals surface area contributed by atoms with E-state index in [0.717, 1.165) is 18.4 Å². The van der Waals surface area contributed by atoms with Crippen molar-refractivity contribution in [2.24, 2.45) is 0 Å². The molecule has 0 aromatic heterocycles. The van der Waals surface area contributed by atoms with Crippen LogP contribution in [0.25, 0.3) is 0 Å². The van der Waals surface area contributed by atoms with Crippen molar-refractivity contribution in [2.75, 3.05) is 0 Å². The van der Waals surface area contributed by atoms with E-state index in [1.807, 2.05) is 30.3 Å². The van der Waals surface area contributed by atoms with E-state index in [1.54, 1.807) is 36.4 Å². The second-order valence-corrected chi connectivity index (χ2v) is 10.2. The average Bonchev–Trinajstić information content (AvgIpc) is 2.80. The predicted octanol–water partition coefficient (Wildman–Crippen LogP) is 6.87. The van der Waals surface area contributed by atoms with Crippen LogP contribution in [0, 0.1) is 0 Å². The fraction of sp³-hybridized carbons (Fsp3) is 0.481. The first-order valence-electron chi connectivity index (χ1n) is 11.8. The second kappa shape index (κ2) is 14.2. The first-order chi connectivity index (χ1) is 15.1. The summed E-state index contributed by atoms with van der Waals surface area (Å²) in [5.74, 6) is 0. The highest BCUT2D eigenvalue weighted by molar-refractivity contribution is 7.95. The van der Waals surface area contributed by atoms with Crippen molar-refractivity contribution in [3.05, 3.63) is 77.2 Å². The van der Waals surface area contributed by atoms with E-state index >= 15 is 0 Å². The van der Waals surface area contributed by atoms with Crippen molar-refractivity contribution in [2.45, 2.75) is 88.6 Å². The quantitative estimate of drug-likeness (QED) is 0.306. The zero-order valence-electron chi connectivity index (χ0n) is 18.9. The summed E-state index contributed by atoms with van der Waals surface area (Å²) in [6, 6.07) is 18.3. The molecule has 0 aliphatic rings. The lowest BCUT2D eigenvalue weighted by atomic mass is 10.1. The maximum atomic E-state index is 13.2. The Kier molecular flexibility index (Phi) is 11.6. The van der Waals surface area contributed by atoms with Gasteiger partial charge >= 0.3 is 0 Å². The lowest BCUT2D eigenvalue weighted by molar-refractivity contribution is 0.207. The third kappa shape index (κ3) is 9.00. The van der Waals surface area contributed by atoms with Crippen molar-refractivity contribution in [3.63, 3.8) is 0 Å². The smallest absolute Gasteiger partial charge is 0.205 e. The van der Waals surface area contributed by atoms with Gasteiger partial charge in [-0.1, -0.05) is 106 Å². The minimum atomic E-state index is -3.70. The Morgan fingerprint density at radius 1 is 0.839 bits per heavy atom. The zero-order valence-corrected chi connectivity index (χ0v) is 19.7. The molecule has 0 spiro atoms. The van der Waals surface area contributed by atoms with Gasteiger partial charge in [-0.15, -0.1) is 0 Å². The van der Waals surface area contributed by atoms with Crippen molar-refractivity contribution in [1.29, 1.82) is 0 Å². The lowest BCUT2D eigenvalue weighted by Crippen LogP contribution is -2.20. The molecule has 31 heavy (non-hydrogen) atoms. The number of allylic oxidation sites excluding steroid dienone is 1. The molecule has 0 bridgehead atoms. The topological polar surface area (TPSA) is 54.4 Å². The van der Waals surface area contributed by atoms with Gasteiger partial charge in [-0.25, -0.2) is 8.42 Å². The van der Waals surface area contributed by atoms with Gasteiger partial charge in [-0.05, 0) is 43.4 Å². The van der Waals surface area contributed by atoms with Gasteiger partial charge in [0, 0.05) is 0 Å². The minimum Gasteiger partial charge on any atom is -0.388 e. The molecule has 2 rings (SSSR count). The van der Waals surface area contributed by atoms with Crippen LogP contribution in [-0.2, 0) is 16.3 Å². The second-order valence-electron chi connectivity index (χ2n) is 8.23. The third-order valence-electron chi connectivity index (χ3n) is 5.64. The number of rotatable bonds is 15. The molecule has 0 radical (unpaired) electrons. The zero-order chi connectivity index (χ0) is 22.4. The van der Waals surface area contributed by atoms with Crippen LogP contribution < -0.4 is 0 Å². The highest BCUT2D eigenvalue weighted by Gasteiger charge is 2.26. The molecular formula is C27H38O3S. The monoisotopic (exact) mass is 442 g/mol. The van der Waals surface area contributed by atoms with E-state index in [2.05, 4.69) is 6.92 Å². The van der Waals surface area contributed by atoms with Gasteiger partial charge in [0.15, 0.2) is 0 Å². The maximum Gasteiger partial charge on any atom is 0.205 e. The van der Waals surface area contributed by atoms with Gasteiger partial charge in [0.2, 0.25) is 9.84 Å². The highest BCUT2D eigenvalue weighted by Crippen LogP contribution is 2.25. The SMILES string of the molecule is CCCCCCCCCCC=C(C(O)CCc1ccccc1)S(=O)(=O)c1ccccc1. The Balaban J connectivity index is 1.99. The molecule has 4 heteroatoms. The molecule has 0 fully saturated rings. The number of hydrogen-bond acceptors (Lipinski definition) is 3. The summed E-state index contributed by atoms with van der Waals surface area (Å²) in [5.41, 5.74) is 1.10. The summed E-state index contributed by atoms with van der Waals surface area (Å²) in [5, 5.41) is 10.8. The van der Waals surface area contributed by atoms with Gasteiger partial charge in [-0.2, -0.15) is 0 Å². The molecule has 170 valence electrons. The molecule has 0 saturated carbocycles. The number of aryl methyl sites for hydroxylation is 1. The maximum absolute atomic E-state index is 13.2. The van der Waals surface area contributed by atoms with Gasteiger partial charge in [0.05, 0.1) is 15.9 Å². The molecule has 1 unspecified atom stereocenters. The van der Waals surface area contributed by atoms with Gasteiger partial charge in [-0.3, -0.25) is 0 Å². The molecule has 2 aromatic carbocycles. The van der Waals surface area contributed by atoms with E-state index in [1.165, 1.54) is 38.5 Å². The summed E-state index contributed by atoms with van der Waals surface area (Å²) < 4.78 is 26.4. The van der Waals surface area contributed by atoms with Crippen LogP contribution in [0.1, 0.15) is 76.7 Å². The first kappa shape index (κ1) is 25.4. The Labute approximate surface area is 189 Å². The Bertz CT molecular complexity index is 858. The fourth-order valence-electron chi connectivity index (χ4n) is 3.77. The molecule has 2 aromatic rings. The number of sulfone groups is 1. The van der Waals surface area contributed by atoms with Crippen LogP contribution in [0.15, 0.2) is 76.5 Å². The molecule has 0 aliphatic carbocycles. The molecule has 0 aliphatic heterocycles. The van der Waals surface area contributed by atoms with E-state index in [0.29, 0.717) is 19.3 Å². The van der Waals surface area contributed by atoms with Crippen LogP contribution in [0.5, 0.6) is 0 Å². The molecule has 0 amide bonds. The van der Waals surface area contributed by atoms with Crippen molar-refractivity contribution in [1.82, 2.24) is 0 Å². The summed E-state index contributed by atoms with van der Waals surface area (Å²) >= 11 is 0. The Morgan fingerprint density at radius 3 is 2.00 bits per heavy atom. The first-order valence-corrected chi connectivity index (χ1v) is 13.3. The van der Waals surface area contributed by atoms with Crippen molar-refractivity contribution in [3.8, 4) is 0 Å². The molecule has 0 saturated heterocycles. The van der Waals surface area contributed by atoms with Crippen molar-refractivity contribution >= 4 is 9.84 Å². The van der Waals surface area contributed by atoms with Crippen LogP contribution in [0.3, 0.4) is 0 Å². The fourth-order valence-corrected chi connectivity index (χ4v) is 5.37. The van der Waals surface area contributed by atoms with Crippen LogP contribution >= 0.6 is 0 Å². The molecule has 3 nitrogen and oxygen atoms in total. The number of aliphatic hydroxyl groups is 1. The van der Waals surface area contributed by atoms with Crippen molar-refractivity contribution < 1.29 is 13.5 Å². The molecule has 0 heterocycles. The summed E-state index contributed by atoms with van der Waals surface area (Å²) in [4.78, 5) is 0.397. The van der Waals surface area contributed by atoms with Crippen LogP contribution in [0.2, 0.25) is 0 Å². The standard InChI is InChI=1S/C27H38O3S/c1-2-3-4-5-6-7-8-9-16-21-27(31(29,30)25-19-14-11-15-20-25)26(28)23-22-24-17-12-10-13-18-24/h10-15,17-21,26,28H,2-9,16,22-23H2,1H3. The number of hydrogen-bond donors (Lipinski definition) is 1. The number of benzene rings is 2. The predicted molar refractivity (Wildman–Crippen MR) is 130 cm³/mol. The minimum absolute atomic E-state index is 0.151. The number of unbranched alkanes of at least 4 members (excludes halogenated alkanes) is 8. The highest BCUT2D eigenvalue weighted by atomic mass is 32.2. The van der Waals surface area contributed by atoms with Crippen LogP contribution in [-0.4, -0.2) is 19.6 Å².